The third-order valence-electron chi connectivity index (χ3n) is 3.17. The third kappa shape index (κ3) is 6.22. The molecule has 0 aromatic rings. The number of nitrogens with zero attached hydrogens (tertiary/aromatic N) is 2. The number of likely N-dealkylation sites (tertiary alicyclic amines) is 1. The number of hydrogen-bond donors (Lipinski definition) is 2. The van der Waals surface area contributed by atoms with Gasteiger partial charge < -0.3 is 15.2 Å². The van der Waals surface area contributed by atoms with Crippen LogP contribution in [0.15, 0.2) is 0 Å². The molecule has 0 saturated carbocycles. The van der Waals surface area contributed by atoms with Crippen LogP contribution in [0.2, 0.25) is 0 Å². The molecule has 1 aliphatic heterocycles. The fraction of sp³-hybridized carbons (Fsp3) is 0.857. The monoisotopic (exact) mass is 283 g/mol. The van der Waals surface area contributed by atoms with Crippen LogP contribution < -0.4 is 5.32 Å². The number of carbonyl (C=O) groups is 1. The summed E-state index contributed by atoms with van der Waals surface area (Å²) in [5.74, 6) is 0.294. The Labute approximate surface area is 120 Å². The van der Waals surface area contributed by atoms with Gasteiger partial charge in [-0.3, -0.25) is 4.90 Å². The molecule has 6 heteroatoms. The van der Waals surface area contributed by atoms with Crippen molar-refractivity contribution in [1.82, 2.24) is 10.2 Å². The Morgan fingerprint density at radius 3 is 2.75 bits per heavy atom. The Bertz CT molecular complexity index is 360. The number of aliphatic hydroxyl groups excluding tert-OH is 1. The number of rotatable bonds is 4. The highest BCUT2D eigenvalue weighted by Gasteiger charge is 2.29. The van der Waals surface area contributed by atoms with Crippen LogP contribution in [0.5, 0.6) is 0 Å². The van der Waals surface area contributed by atoms with E-state index in [1.54, 1.807) is 0 Å². The highest BCUT2D eigenvalue weighted by atomic mass is 16.6. The Balaban J connectivity index is 2.54. The van der Waals surface area contributed by atoms with Gasteiger partial charge >= 0.3 is 6.09 Å². The Morgan fingerprint density at radius 1 is 1.50 bits per heavy atom. The van der Waals surface area contributed by atoms with Crippen LogP contribution in [-0.4, -0.2) is 54.0 Å². The van der Waals surface area contributed by atoms with Gasteiger partial charge in [-0.1, -0.05) is 0 Å². The van der Waals surface area contributed by atoms with Gasteiger partial charge in [-0.2, -0.15) is 5.26 Å². The van der Waals surface area contributed by atoms with Crippen molar-refractivity contribution in [2.24, 2.45) is 5.92 Å². The third-order valence-corrected chi connectivity index (χ3v) is 3.17. The van der Waals surface area contributed by atoms with Gasteiger partial charge in [0.05, 0.1) is 12.6 Å². The van der Waals surface area contributed by atoms with Gasteiger partial charge in [0.15, 0.2) is 0 Å². The summed E-state index contributed by atoms with van der Waals surface area (Å²) < 4.78 is 5.25. The minimum Gasteiger partial charge on any atom is -0.444 e. The predicted octanol–water partition coefficient (Wildman–Crippen LogP) is 1.11. The normalized spacial score (nSPS) is 23.9. The summed E-state index contributed by atoms with van der Waals surface area (Å²) in [4.78, 5) is 13.8. The van der Waals surface area contributed by atoms with Crippen LogP contribution in [-0.2, 0) is 4.74 Å². The number of ether oxygens (including phenoxy) is 1. The minimum atomic E-state index is -0.518. The molecular formula is C14H25N3O3. The van der Waals surface area contributed by atoms with E-state index >= 15 is 0 Å². The summed E-state index contributed by atoms with van der Waals surface area (Å²) in [5.41, 5.74) is -0.518. The molecule has 2 atom stereocenters. The van der Waals surface area contributed by atoms with E-state index in [9.17, 15) is 4.79 Å². The fourth-order valence-corrected chi connectivity index (χ4v) is 2.50. The average Bonchev–Trinajstić information content (AvgIpc) is 2.26. The lowest BCUT2D eigenvalue weighted by molar-refractivity contribution is 0.0448. The standard InChI is InChI=1S/C14H25N3O3/c1-14(2,3)20-13(19)16-12-8-11(4-7-18)9-17(10-12)6-5-15/h11-12,18H,4,6-10H2,1-3H3,(H,16,19). The second-order valence-electron chi connectivity index (χ2n) is 6.31. The first-order chi connectivity index (χ1) is 9.34. The van der Waals surface area contributed by atoms with E-state index in [0.717, 1.165) is 13.0 Å². The predicted molar refractivity (Wildman–Crippen MR) is 75.0 cm³/mol. The first-order valence-corrected chi connectivity index (χ1v) is 7.03. The molecule has 0 spiro atoms. The molecule has 1 fully saturated rings. The Kier molecular flexibility index (Phi) is 6.24. The van der Waals surface area contributed by atoms with Crippen LogP contribution in [0.4, 0.5) is 4.79 Å². The molecule has 1 amide bonds. The molecule has 20 heavy (non-hydrogen) atoms. The smallest absolute Gasteiger partial charge is 0.407 e. The molecule has 1 rings (SSSR count). The van der Waals surface area contributed by atoms with Crippen molar-refractivity contribution in [2.45, 2.75) is 45.3 Å². The van der Waals surface area contributed by atoms with E-state index in [1.807, 2.05) is 25.7 Å². The molecule has 1 heterocycles. The number of nitriles is 1. The van der Waals surface area contributed by atoms with Gasteiger partial charge in [0.2, 0.25) is 0 Å². The second-order valence-corrected chi connectivity index (χ2v) is 6.31. The number of aliphatic hydroxyl groups is 1. The summed E-state index contributed by atoms with van der Waals surface area (Å²) >= 11 is 0. The highest BCUT2D eigenvalue weighted by Crippen LogP contribution is 2.20. The molecule has 1 saturated heterocycles. The van der Waals surface area contributed by atoms with E-state index in [2.05, 4.69) is 11.4 Å². The summed E-state index contributed by atoms with van der Waals surface area (Å²) in [5, 5.41) is 20.7. The maximum absolute atomic E-state index is 11.8. The van der Waals surface area contributed by atoms with Gasteiger partial charge in [-0.25, -0.2) is 4.79 Å². The highest BCUT2D eigenvalue weighted by molar-refractivity contribution is 5.68. The van der Waals surface area contributed by atoms with Crippen LogP contribution >= 0.6 is 0 Å². The zero-order chi connectivity index (χ0) is 15.2. The van der Waals surface area contributed by atoms with Crippen LogP contribution in [0.1, 0.15) is 33.6 Å². The average molecular weight is 283 g/mol. The van der Waals surface area contributed by atoms with Crippen molar-refractivity contribution in [3.8, 4) is 6.07 Å². The number of nitrogens with one attached hydrogen (secondary N) is 1. The number of carbonyl (C=O) groups excluding carboxylic acids is 1. The van der Waals surface area contributed by atoms with E-state index < -0.39 is 11.7 Å². The SMILES string of the molecule is CC(C)(C)OC(=O)NC1CC(CCO)CN(CC#N)C1. The summed E-state index contributed by atoms with van der Waals surface area (Å²) in [6.45, 7) is 7.38. The summed E-state index contributed by atoms with van der Waals surface area (Å²) in [6, 6.07) is 2.09. The molecule has 0 aliphatic carbocycles. The van der Waals surface area contributed by atoms with Gasteiger partial charge in [0.1, 0.15) is 5.60 Å². The summed E-state index contributed by atoms with van der Waals surface area (Å²) in [6.07, 6.45) is 1.07. The van der Waals surface area contributed by atoms with Crippen molar-refractivity contribution in [2.75, 3.05) is 26.2 Å². The number of piperidine rings is 1. The molecule has 0 radical (unpaired) electrons. The van der Waals surface area contributed by atoms with Crippen molar-refractivity contribution in [3.05, 3.63) is 0 Å². The van der Waals surface area contributed by atoms with Crippen LogP contribution in [0.3, 0.4) is 0 Å². The first-order valence-electron chi connectivity index (χ1n) is 7.03. The number of hydrogen-bond acceptors (Lipinski definition) is 5. The summed E-state index contributed by atoms with van der Waals surface area (Å²) in [7, 11) is 0. The van der Waals surface area contributed by atoms with Gasteiger partial charge in [-0.05, 0) is 39.5 Å². The molecule has 0 bridgehead atoms. The van der Waals surface area contributed by atoms with E-state index in [-0.39, 0.29) is 12.6 Å². The molecule has 0 aromatic heterocycles. The van der Waals surface area contributed by atoms with Crippen LogP contribution in [0, 0.1) is 17.2 Å². The van der Waals surface area contributed by atoms with E-state index in [4.69, 9.17) is 15.1 Å². The minimum absolute atomic E-state index is 0.0384. The lowest BCUT2D eigenvalue weighted by Crippen LogP contribution is -2.51. The lowest BCUT2D eigenvalue weighted by Gasteiger charge is -2.37. The number of alkyl carbamates (subject to hydrolysis) is 1. The molecule has 2 N–H and O–H groups in total. The zero-order valence-electron chi connectivity index (χ0n) is 12.6. The van der Waals surface area contributed by atoms with Crippen LogP contribution in [0.25, 0.3) is 0 Å². The van der Waals surface area contributed by atoms with Crippen molar-refractivity contribution >= 4 is 6.09 Å². The fourth-order valence-electron chi connectivity index (χ4n) is 2.50. The molecular weight excluding hydrogens is 258 g/mol. The number of amides is 1. The maximum atomic E-state index is 11.8. The van der Waals surface area contributed by atoms with E-state index in [0.29, 0.717) is 25.4 Å². The zero-order valence-corrected chi connectivity index (χ0v) is 12.6. The topological polar surface area (TPSA) is 85.6 Å². The Morgan fingerprint density at radius 2 is 2.20 bits per heavy atom. The first kappa shape index (κ1) is 16.7. The molecule has 2 unspecified atom stereocenters. The molecule has 0 aromatic carbocycles. The van der Waals surface area contributed by atoms with Crippen molar-refractivity contribution < 1.29 is 14.6 Å². The Hall–Kier alpha value is -1.32. The lowest BCUT2D eigenvalue weighted by atomic mass is 9.92. The largest absolute Gasteiger partial charge is 0.444 e. The molecule has 114 valence electrons. The quantitative estimate of drug-likeness (QED) is 0.755. The van der Waals surface area contributed by atoms with Crippen molar-refractivity contribution in [3.63, 3.8) is 0 Å². The van der Waals surface area contributed by atoms with E-state index in [1.165, 1.54) is 0 Å². The van der Waals surface area contributed by atoms with Gasteiger partial charge in [0.25, 0.3) is 0 Å². The molecule has 6 nitrogen and oxygen atoms in total. The van der Waals surface area contributed by atoms with Gasteiger partial charge in [-0.15, -0.1) is 0 Å². The van der Waals surface area contributed by atoms with Gasteiger partial charge in [0, 0.05) is 25.7 Å². The second kappa shape index (κ2) is 7.46. The maximum Gasteiger partial charge on any atom is 0.407 e. The molecule has 1 aliphatic rings. The van der Waals surface area contributed by atoms with Crippen molar-refractivity contribution in [1.29, 1.82) is 5.26 Å².